The molecule has 0 aromatic carbocycles. The van der Waals surface area contributed by atoms with Crippen LogP contribution < -0.4 is 0 Å². The number of methoxy groups -OCH3 is 1. The number of ether oxygens (including phenoxy) is 3. The Labute approximate surface area is 168 Å². The summed E-state index contributed by atoms with van der Waals surface area (Å²) in [6, 6.07) is 0. The lowest BCUT2D eigenvalue weighted by atomic mass is 9.88. The molecule has 3 aliphatic rings. The molecule has 0 aromatic rings. The summed E-state index contributed by atoms with van der Waals surface area (Å²) in [5.41, 5.74) is -1.14. The summed E-state index contributed by atoms with van der Waals surface area (Å²) < 4.78 is 16.7. The summed E-state index contributed by atoms with van der Waals surface area (Å²) in [6.45, 7) is 7.37. The van der Waals surface area contributed by atoms with Crippen LogP contribution in [0.2, 0.25) is 0 Å². The van der Waals surface area contributed by atoms with Crippen LogP contribution in [0, 0.1) is 0 Å². The Hall–Kier alpha value is -1.38. The van der Waals surface area contributed by atoms with Gasteiger partial charge in [-0.2, -0.15) is 0 Å². The minimum absolute atomic E-state index is 0.0861. The van der Waals surface area contributed by atoms with Gasteiger partial charge >= 0.3 is 6.09 Å². The Bertz CT molecular complexity index is 556. The molecule has 28 heavy (non-hydrogen) atoms. The van der Waals surface area contributed by atoms with E-state index in [1.54, 1.807) is 12.0 Å². The van der Waals surface area contributed by atoms with Crippen LogP contribution in [-0.4, -0.2) is 105 Å². The minimum atomic E-state index is -0.687. The van der Waals surface area contributed by atoms with E-state index < -0.39 is 11.2 Å². The van der Waals surface area contributed by atoms with Gasteiger partial charge in [-0.05, 0) is 33.2 Å². The lowest BCUT2D eigenvalue weighted by Gasteiger charge is -2.42. The van der Waals surface area contributed by atoms with Gasteiger partial charge < -0.3 is 28.9 Å². The van der Waals surface area contributed by atoms with Gasteiger partial charge in [-0.25, -0.2) is 4.79 Å². The number of nitrogens with zero attached hydrogens (tertiary/aromatic N) is 3. The topological polar surface area (TPSA) is 71.6 Å². The molecule has 3 aliphatic heterocycles. The van der Waals surface area contributed by atoms with E-state index >= 15 is 0 Å². The zero-order valence-electron chi connectivity index (χ0n) is 17.6. The van der Waals surface area contributed by atoms with Crippen molar-refractivity contribution in [3.63, 3.8) is 0 Å². The van der Waals surface area contributed by atoms with Crippen LogP contribution in [0.15, 0.2) is 0 Å². The third-order valence-electron chi connectivity index (χ3n) is 6.35. The number of hydrogen-bond acceptors (Lipinski definition) is 6. The Kier molecular flexibility index (Phi) is 6.83. The second-order valence-electron chi connectivity index (χ2n) is 8.60. The van der Waals surface area contributed by atoms with E-state index in [-0.39, 0.29) is 12.0 Å². The van der Waals surface area contributed by atoms with E-state index in [2.05, 4.69) is 4.90 Å². The number of hydrogen-bond donors (Lipinski definition) is 0. The number of carbonyl (C=O) groups is 2. The summed E-state index contributed by atoms with van der Waals surface area (Å²) in [4.78, 5) is 31.1. The standard InChI is InChI=1S/C20H35N3O5/c1-19(6-4-5-14-27-19)17(24)22-9-7-20(8-10-22)16-23(18(25)28-20)12-11-21(2)13-15-26-3/h4-16H2,1-3H3/t19-/m1/s1. The maximum absolute atomic E-state index is 12.9. The van der Waals surface area contributed by atoms with Crippen molar-refractivity contribution in [1.29, 1.82) is 0 Å². The van der Waals surface area contributed by atoms with Crippen molar-refractivity contribution in [3.8, 4) is 0 Å². The van der Waals surface area contributed by atoms with Crippen molar-refractivity contribution in [3.05, 3.63) is 0 Å². The van der Waals surface area contributed by atoms with E-state index in [1.165, 1.54) is 0 Å². The number of likely N-dealkylation sites (tertiary alicyclic amines) is 1. The van der Waals surface area contributed by atoms with Crippen molar-refractivity contribution in [1.82, 2.24) is 14.7 Å². The molecule has 0 aromatic heterocycles. The van der Waals surface area contributed by atoms with E-state index in [1.807, 2.05) is 18.9 Å². The highest BCUT2D eigenvalue weighted by molar-refractivity contribution is 5.85. The molecule has 160 valence electrons. The monoisotopic (exact) mass is 397 g/mol. The molecular formula is C20H35N3O5. The highest BCUT2D eigenvalue weighted by Gasteiger charge is 2.49. The predicted octanol–water partition coefficient (Wildman–Crippen LogP) is 1.34. The highest BCUT2D eigenvalue weighted by Crippen LogP contribution is 2.35. The smallest absolute Gasteiger partial charge is 0.410 e. The average Bonchev–Trinajstić information content (AvgIpc) is 3.00. The Morgan fingerprint density at radius 1 is 1.21 bits per heavy atom. The summed E-state index contributed by atoms with van der Waals surface area (Å²) in [5, 5.41) is 0. The zero-order chi connectivity index (χ0) is 20.2. The van der Waals surface area contributed by atoms with Crippen LogP contribution >= 0.6 is 0 Å². The van der Waals surface area contributed by atoms with Gasteiger partial charge in [0, 0.05) is 59.3 Å². The number of rotatable bonds is 7. The molecule has 3 fully saturated rings. The van der Waals surface area contributed by atoms with Gasteiger partial charge in [0.05, 0.1) is 13.2 Å². The normalized spacial score (nSPS) is 27.5. The summed E-state index contributed by atoms with van der Waals surface area (Å²) >= 11 is 0. The molecule has 0 bridgehead atoms. The first kappa shape index (κ1) is 21.3. The molecule has 8 nitrogen and oxygen atoms in total. The van der Waals surface area contributed by atoms with Gasteiger partial charge in [0.2, 0.25) is 0 Å². The summed E-state index contributed by atoms with van der Waals surface area (Å²) in [7, 11) is 3.71. The molecule has 2 amide bonds. The van der Waals surface area contributed by atoms with Crippen LogP contribution in [0.1, 0.15) is 39.0 Å². The number of piperidine rings is 1. The number of carbonyl (C=O) groups excluding carboxylic acids is 2. The zero-order valence-corrected chi connectivity index (χ0v) is 17.6. The predicted molar refractivity (Wildman–Crippen MR) is 104 cm³/mol. The molecular weight excluding hydrogens is 362 g/mol. The number of likely N-dealkylation sites (N-methyl/N-ethyl adjacent to an activating group) is 1. The van der Waals surface area contributed by atoms with Crippen molar-refractivity contribution in [2.75, 3.05) is 66.6 Å². The van der Waals surface area contributed by atoms with Crippen LogP contribution in [0.4, 0.5) is 4.79 Å². The molecule has 3 rings (SSSR count). The third kappa shape index (κ3) is 4.78. The van der Waals surface area contributed by atoms with Crippen molar-refractivity contribution < 1.29 is 23.8 Å². The minimum Gasteiger partial charge on any atom is -0.441 e. The Morgan fingerprint density at radius 2 is 1.96 bits per heavy atom. The molecule has 0 radical (unpaired) electrons. The first-order chi connectivity index (χ1) is 13.4. The van der Waals surface area contributed by atoms with Crippen LogP contribution in [0.25, 0.3) is 0 Å². The molecule has 8 heteroatoms. The fourth-order valence-corrected chi connectivity index (χ4v) is 4.33. The van der Waals surface area contributed by atoms with Crippen molar-refractivity contribution >= 4 is 12.0 Å². The Morgan fingerprint density at radius 3 is 2.61 bits per heavy atom. The van der Waals surface area contributed by atoms with Gasteiger partial charge in [0.1, 0.15) is 11.2 Å². The molecule has 1 spiro atoms. The molecule has 0 N–H and O–H groups in total. The lowest BCUT2D eigenvalue weighted by molar-refractivity contribution is -0.165. The largest absolute Gasteiger partial charge is 0.441 e. The van der Waals surface area contributed by atoms with E-state index in [4.69, 9.17) is 14.2 Å². The first-order valence-corrected chi connectivity index (χ1v) is 10.5. The molecule has 3 saturated heterocycles. The number of amides is 2. The highest BCUT2D eigenvalue weighted by atomic mass is 16.6. The van der Waals surface area contributed by atoms with Gasteiger partial charge in [-0.15, -0.1) is 0 Å². The van der Waals surface area contributed by atoms with Gasteiger partial charge in [0.25, 0.3) is 5.91 Å². The first-order valence-electron chi connectivity index (χ1n) is 10.5. The maximum atomic E-state index is 12.9. The second-order valence-corrected chi connectivity index (χ2v) is 8.60. The lowest BCUT2D eigenvalue weighted by Crippen LogP contribution is -2.55. The summed E-state index contributed by atoms with van der Waals surface area (Å²) in [5.74, 6) is 0.0861. The molecule has 0 aliphatic carbocycles. The fraction of sp³-hybridized carbons (Fsp3) is 0.900. The molecule has 0 saturated carbocycles. The average molecular weight is 398 g/mol. The van der Waals surface area contributed by atoms with Crippen LogP contribution in [0.3, 0.4) is 0 Å². The quantitative estimate of drug-likeness (QED) is 0.646. The van der Waals surface area contributed by atoms with E-state index in [9.17, 15) is 9.59 Å². The van der Waals surface area contributed by atoms with Gasteiger partial charge in [0.15, 0.2) is 0 Å². The molecule has 3 heterocycles. The maximum Gasteiger partial charge on any atom is 0.410 e. The van der Waals surface area contributed by atoms with Crippen LogP contribution in [-0.2, 0) is 19.0 Å². The van der Waals surface area contributed by atoms with Gasteiger partial charge in [-0.1, -0.05) is 0 Å². The summed E-state index contributed by atoms with van der Waals surface area (Å²) in [6.07, 6.45) is 3.99. The van der Waals surface area contributed by atoms with Crippen molar-refractivity contribution in [2.45, 2.75) is 50.2 Å². The molecule has 0 unspecified atom stereocenters. The second kappa shape index (κ2) is 8.97. The van der Waals surface area contributed by atoms with Gasteiger partial charge in [-0.3, -0.25) is 4.79 Å². The van der Waals surface area contributed by atoms with Crippen molar-refractivity contribution in [2.24, 2.45) is 0 Å². The molecule has 1 atom stereocenters. The van der Waals surface area contributed by atoms with E-state index in [0.29, 0.717) is 52.2 Å². The SMILES string of the molecule is COCCN(C)CCN1CC2(CCN(C(=O)[C@@]3(C)CCCCO3)CC2)OC1=O. The Balaban J connectivity index is 1.48. The third-order valence-corrected chi connectivity index (χ3v) is 6.35. The van der Waals surface area contributed by atoms with E-state index in [0.717, 1.165) is 32.4 Å². The fourth-order valence-electron chi connectivity index (χ4n) is 4.33. The van der Waals surface area contributed by atoms with Crippen LogP contribution in [0.5, 0.6) is 0 Å².